The third kappa shape index (κ3) is 4.04. The molecule has 3 aliphatic heterocycles. The number of hydrogen-bond acceptors (Lipinski definition) is 4. The fourth-order valence-electron chi connectivity index (χ4n) is 3.91. The van der Waals surface area contributed by atoms with Gasteiger partial charge in [0.2, 0.25) is 11.8 Å². The molecule has 3 aliphatic rings. The number of nitrogens with zero attached hydrogens (tertiary/aromatic N) is 2. The number of carbonyl (C=O) groups excluding carboxylic acids is 2. The second-order valence-corrected chi connectivity index (χ2v) is 7.07. The second kappa shape index (κ2) is 7.62. The lowest BCUT2D eigenvalue weighted by Crippen LogP contribution is -2.57. The van der Waals surface area contributed by atoms with Crippen molar-refractivity contribution in [2.75, 3.05) is 39.3 Å². The number of carbonyl (C=O) groups is 2. The zero-order valence-corrected chi connectivity index (χ0v) is 14.1. The summed E-state index contributed by atoms with van der Waals surface area (Å²) in [7, 11) is 0. The first-order chi connectivity index (χ1) is 11.1. The fraction of sp³-hybridized carbons (Fsp3) is 0.882. The number of morpholine rings is 1. The average molecular weight is 323 g/mol. The van der Waals surface area contributed by atoms with Crippen molar-refractivity contribution >= 4 is 11.8 Å². The highest BCUT2D eigenvalue weighted by molar-refractivity contribution is 5.83. The molecule has 6 heteroatoms. The van der Waals surface area contributed by atoms with Crippen LogP contribution in [0.15, 0.2) is 0 Å². The van der Waals surface area contributed by atoms with E-state index in [1.54, 1.807) is 0 Å². The molecule has 0 aliphatic carbocycles. The van der Waals surface area contributed by atoms with E-state index in [0.29, 0.717) is 24.9 Å². The van der Waals surface area contributed by atoms with E-state index in [9.17, 15) is 9.59 Å². The van der Waals surface area contributed by atoms with Crippen molar-refractivity contribution in [3.63, 3.8) is 0 Å². The largest absolute Gasteiger partial charge is 0.375 e. The second-order valence-electron chi connectivity index (χ2n) is 7.07. The van der Waals surface area contributed by atoms with Crippen molar-refractivity contribution in [3.05, 3.63) is 0 Å². The highest BCUT2D eigenvalue weighted by Gasteiger charge is 2.34. The molecule has 0 radical (unpaired) electrons. The lowest BCUT2D eigenvalue weighted by atomic mass is 9.92. The van der Waals surface area contributed by atoms with Gasteiger partial charge in [0.25, 0.3) is 0 Å². The standard InChI is InChI=1S/C17H29N3O3/c1-13-16(18-6-11-23-13)17(22)20-9-4-14(5-10-20)12-15(21)19-7-2-3-8-19/h13-14,16,18H,2-12H2,1H3/t13-,16+/m1/s1. The Bertz CT molecular complexity index is 429. The van der Waals surface area contributed by atoms with E-state index < -0.39 is 0 Å². The first-order valence-corrected chi connectivity index (χ1v) is 9.06. The SMILES string of the molecule is C[C@H]1OCCN[C@@H]1C(=O)N1CCC(CC(=O)N2CCCC2)CC1. The van der Waals surface area contributed by atoms with Crippen molar-refractivity contribution in [3.8, 4) is 0 Å². The molecule has 0 spiro atoms. The number of ether oxygens (including phenoxy) is 1. The maximum atomic E-state index is 12.6. The van der Waals surface area contributed by atoms with Gasteiger partial charge in [0, 0.05) is 39.1 Å². The molecule has 3 saturated heterocycles. The lowest BCUT2D eigenvalue weighted by molar-refractivity contribution is -0.141. The van der Waals surface area contributed by atoms with Crippen molar-refractivity contribution in [2.45, 2.75) is 51.2 Å². The van der Waals surface area contributed by atoms with Crippen LogP contribution in [0.3, 0.4) is 0 Å². The van der Waals surface area contributed by atoms with Crippen LogP contribution in [0.25, 0.3) is 0 Å². The zero-order chi connectivity index (χ0) is 16.2. The average Bonchev–Trinajstić information content (AvgIpc) is 3.10. The maximum Gasteiger partial charge on any atom is 0.242 e. The van der Waals surface area contributed by atoms with Gasteiger partial charge in [0.1, 0.15) is 6.04 Å². The van der Waals surface area contributed by atoms with Gasteiger partial charge in [-0.2, -0.15) is 0 Å². The van der Waals surface area contributed by atoms with Crippen molar-refractivity contribution in [1.82, 2.24) is 15.1 Å². The normalized spacial score (nSPS) is 29.8. The summed E-state index contributed by atoms with van der Waals surface area (Å²) in [6.45, 7) is 6.76. The Labute approximate surface area is 138 Å². The van der Waals surface area contributed by atoms with E-state index in [1.165, 1.54) is 0 Å². The third-order valence-electron chi connectivity index (χ3n) is 5.43. The van der Waals surface area contributed by atoms with E-state index in [-0.39, 0.29) is 18.1 Å². The van der Waals surface area contributed by atoms with Gasteiger partial charge in [-0.1, -0.05) is 0 Å². The minimum Gasteiger partial charge on any atom is -0.375 e. The molecule has 0 unspecified atom stereocenters. The molecule has 3 rings (SSSR count). The van der Waals surface area contributed by atoms with Crippen LogP contribution in [0, 0.1) is 5.92 Å². The molecular weight excluding hydrogens is 294 g/mol. The smallest absolute Gasteiger partial charge is 0.242 e. The van der Waals surface area contributed by atoms with Crippen molar-refractivity contribution in [2.24, 2.45) is 5.92 Å². The topological polar surface area (TPSA) is 61.9 Å². The summed E-state index contributed by atoms with van der Waals surface area (Å²) < 4.78 is 5.57. The van der Waals surface area contributed by atoms with Gasteiger partial charge in [-0.15, -0.1) is 0 Å². The minimum atomic E-state index is -0.216. The van der Waals surface area contributed by atoms with E-state index >= 15 is 0 Å². The molecule has 130 valence electrons. The van der Waals surface area contributed by atoms with Gasteiger partial charge in [0.05, 0.1) is 12.7 Å². The molecule has 0 aromatic carbocycles. The maximum absolute atomic E-state index is 12.6. The number of hydrogen-bond donors (Lipinski definition) is 1. The van der Waals surface area contributed by atoms with Gasteiger partial charge in [-0.25, -0.2) is 0 Å². The Balaban J connectivity index is 1.44. The molecule has 0 aromatic heterocycles. The summed E-state index contributed by atoms with van der Waals surface area (Å²) in [5, 5.41) is 3.27. The molecule has 6 nitrogen and oxygen atoms in total. The third-order valence-corrected chi connectivity index (χ3v) is 5.43. The summed E-state index contributed by atoms with van der Waals surface area (Å²) in [6, 6.07) is -0.216. The van der Waals surface area contributed by atoms with Crippen LogP contribution in [-0.4, -0.2) is 73.1 Å². The van der Waals surface area contributed by atoms with Gasteiger partial charge < -0.3 is 19.9 Å². The summed E-state index contributed by atoms with van der Waals surface area (Å²) >= 11 is 0. The van der Waals surface area contributed by atoms with E-state index in [2.05, 4.69) is 5.32 Å². The number of amides is 2. The molecule has 0 aromatic rings. The van der Waals surface area contributed by atoms with Gasteiger partial charge in [-0.3, -0.25) is 9.59 Å². The first-order valence-electron chi connectivity index (χ1n) is 9.06. The Morgan fingerprint density at radius 2 is 1.78 bits per heavy atom. The Kier molecular flexibility index (Phi) is 5.54. The quantitative estimate of drug-likeness (QED) is 0.827. The van der Waals surface area contributed by atoms with Gasteiger partial charge in [-0.05, 0) is 38.5 Å². The molecule has 1 N–H and O–H groups in total. The molecule has 0 bridgehead atoms. The molecule has 2 amide bonds. The fourth-order valence-corrected chi connectivity index (χ4v) is 3.91. The van der Waals surface area contributed by atoms with Crippen LogP contribution in [0.4, 0.5) is 0 Å². The number of rotatable bonds is 3. The number of nitrogens with one attached hydrogen (secondary N) is 1. The van der Waals surface area contributed by atoms with Crippen LogP contribution < -0.4 is 5.32 Å². The predicted octanol–water partition coefficient (Wildman–Crippen LogP) is 0.614. The first kappa shape index (κ1) is 16.7. The Morgan fingerprint density at radius 1 is 1.09 bits per heavy atom. The summed E-state index contributed by atoms with van der Waals surface area (Å²) in [4.78, 5) is 28.8. The van der Waals surface area contributed by atoms with Crippen molar-refractivity contribution in [1.29, 1.82) is 0 Å². The van der Waals surface area contributed by atoms with E-state index in [4.69, 9.17) is 4.74 Å². The Hall–Kier alpha value is -1.14. The Morgan fingerprint density at radius 3 is 2.43 bits per heavy atom. The summed E-state index contributed by atoms with van der Waals surface area (Å²) in [5.74, 6) is 0.893. The van der Waals surface area contributed by atoms with Crippen molar-refractivity contribution < 1.29 is 14.3 Å². The van der Waals surface area contributed by atoms with Crippen LogP contribution in [-0.2, 0) is 14.3 Å². The monoisotopic (exact) mass is 323 g/mol. The minimum absolute atomic E-state index is 0.0642. The van der Waals surface area contributed by atoms with E-state index in [1.807, 2.05) is 16.7 Å². The highest BCUT2D eigenvalue weighted by Crippen LogP contribution is 2.23. The molecule has 3 fully saturated rings. The van der Waals surface area contributed by atoms with Gasteiger partial charge >= 0.3 is 0 Å². The highest BCUT2D eigenvalue weighted by atomic mass is 16.5. The molecule has 23 heavy (non-hydrogen) atoms. The predicted molar refractivity (Wildman–Crippen MR) is 86.9 cm³/mol. The van der Waals surface area contributed by atoms with Crippen LogP contribution in [0.1, 0.15) is 39.0 Å². The zero-order valence-electron chi connectivity index (χ0n) is 14.1. The van der Waals surface area contributed by atoms with Crippen LogP contribution in [0.2, 0.25) is 0 Å². The molecule has 0 saturated carbocycles. The number of likely N-dealkylation sites (tertiary alicyclic amines) is 2. The van der Waals surface area contributed by atoms with Gasteiger partial charge in [0.15, 0.2) is 0 Å². The van der Waals surface area contributed by atoms with E-state index in [0.717, 1.165) is 58.4 Å². The van der Waals surface area contributed by atoms with Crippen LogP contribution >= 0.6 is 0 Å². The summed E-state index contributed by atoms with van der Waals surface area (Å²) in [5.41, 5.74) is 0. The number of piperidine rings is 1. The van der Waals surface area contributed by atoms with Crippen LogP contribution in [0.5, 0.6) is 0 Å². The molecule has 3 heterocycles. The summed E-state index contributed by atoms with van der Waals surface area (Å²) in [6.07, 6.45) is 4.76. The lowest BCUT2D eigenvalue weighted by Gasteiger charge is -2.37. The molecule has 2 atom stereocenters. The molecular formula is C17H29N3O3.